The van der Waals surface area contributed by atoms with Gasteiger partial charge in [-0.15, -0.1) is 0 Å². The lowest BCUT2D eigenvalue weighted by molar-refractivity contribution is 0.0689. The monoisotopic (exact) mass is 222 g/mol. The van der Waals surface area contributed by atoms with E-state index >= 15 is 0 Å². The van der Waals surface area contributed by atoms with Gasteiger partial charge in [0.05, 0.1) is 6.10 Å². The second-order valence-corrected chi connectivity index (χ2v) is 4.02. The third-order valence-corrected chi connectivity index (χ3v) is 2.39. The van der Waals surface area contributed by atoms with Crippen molar-refractivity contribution in [1.29, 1.82) is 0 Å². The highest BCUT2D eigenvalue weighted by Crippen LogP contribution is 2.22. The molecule has 0 fully saturated rings. The Hall–Kier alpha value is -1.51. The summed E-state index contributed by atoms with van der Waals surface area (Å²) in [6.45, 7) is 5.90. The molecule has 3 nitrogen and oxygen atoms in total. The fourth-order valence-electron chi connectivity index (χ4n) is 1.60. The van der Waals surface area contributed by atoms with Gasteiger partial charge in [0.1, 0.15) is 11.3 Å². The summed E-state index contributed by atoms with van der Waals surface area (Å²) >= 11 is 0. The molecule has 1 aromatic rings. The Morgan fingerprint density at radius 3 is 2.75 bits per heavy atom. The summed E-state index contributed by atoms with van der Waals surface area (Å²) in [5.41, 5.74) is 1.16. The van der Waals surface area contributed by atoms with Crippen LogP contribution in [0.4, 0.5) is 0 Å². The topological polar surface area (TPSA) is 46.5 Å². The van der Waals surface area contributed by atoms with Crippen LogP contribution in [0.5, 0.6) is 5.75 Å². The van der Waals surface area contributed by atoms with Gasteiger partial charge < -0.3 is 9.84 Å². The first kappa shape index (κ1) is 12.6. The van der Waals surface area contributed by atoms with Crippen molar-refractivity contribution in [2.24, 2.45) is 0 Å². The van der Waals surface area contributed by atoms with E-state index in [1.165, 1.54) is 0 Å². The Labute approximate surface area is 96.1 Å². The van der Waals surface area contributed by atoms with E-state index in [9.17, 15) is 4.79 Å². The average Bonchev–Trinajstić information content (AvgIpc) is 2.20. The summed E-state index contributed by atoms with van der Waals surface area (Å²) in [6, 6.07) is 5.22. The summed E-state index contributed by atoms with van der Waals surface area (Å²) in [5, 5.41) is 9.05. The highest BCUT2D eigenvalue weighted by Gasteiger charge is 2.13. The number of hydrogen-bond donors (Lipinski definition) is 1. The van der Waals surface area contributed by atoms with Crippen LogP contribution in [0.15, 0.2) is 18.2 Å². The van der Waals surface area contributed by atoms with E-state index in [1.807, 2.05) is 19.9 Å². The van der Waals surface area contributed by atoms with Crippen molar-refractivity contribution >= 4 is 5.97 Å². The molecule has 88 valence electrons. The summed E-state index contributed by atoms with van der Waals surface area (Å²) in [5.74, 6) is -0.485. The van der Waals surface area contributed by atoms with Gasteiger partial charge in [0.2, 0.25) is 0 Å². The first-order chi connectivity index (χ1) is 7.54. The molecule has 0 bridgehead atoms. The van der Waals surface area contributed by atoms with Gasteiger partial charge in [-0.05, 0) is 32.4 Å². The minimum atomic E-state index is -0.942. The number of aromatic carboxylic acids is 1. The smallest absolute Gasteiger partial charge is 0.339 e. The summed E-state index contributed by atoms with van der Waals surface area (Å²) in [4.78, 5) is 11.0. The zero-order valence-electron chi connectivity index (χ0n) is 9.99. The van der Waals surface area contributed by atoms with Gasteiger partial charge in [-0.25, -0.2) is 4.79 Å². The highest BCUT2D eigenvalue weighted by atomic mass is 16.5. The second kappa shape index (κ2) is 5.54. The van der Waals surface area contributed by atoms with Crippen molar-refractivity contribution in [1.82, 2.24) is 0 Å². The van der Waals surface area contributed by atoms with Crippen molar-refractivity contribution in [3.05, 3.63) is 29.3 Å². The Balaban J connectivity index is 2.90. The van der Waals surface area contributed by atoms with Crippen molar-refractivity contribution in [3.8, 4) is 5.75 Å². The molecular weight excluding hydrogens is 204 g/mol. The number of carboxylic acids is 1. The maximum absolute atomic E-state index is 11.0. The van der Waals surface area contributed by atoms with Crippen molar-refractivity contribution in [2.75, 3.05) is 0 Å². The summed E-state index contributed by atoms with van der Waals surface area (Å²) in [7, 11) is 0. The molecule has 0 aromatic heterocycles. The maximum atomic E-state index is 11.0. The van der Waals surface area contributed by atoms with Crippen molar-refractivity contribution < 1.29 is 14.6 Å². The summed E-state index contributed by atoms with van der Waals surface area (Å²) < 4.78 is 5.62. The number of aryl methyl sites for hydroxylation is 1. The van der Waals surface area contributed by atoms with Gasteiger partial charge in [0.25, 0.3) is 0 Å². The molecule has 0 aliphatic rings. The van der Waals surface area contributed by atoms with E-state index in [2.05, 4.69) is 6.92 Å². The lowest BCUT2D eigenvalue weighted by atomic mass is 10.1. The number of ether oxygens (including phenoxy) is 1. The van der Waals surface area contributed by atoms with Crippen LogP contribution in [0.1, 0.15) is 42.6 Å². The number of carbonyl (C=O) groups is 1. The van der Waals surface area contributed by atoms with E-state index < -0.39 is 5.97 Å². The van der Waals surface area contributed by atoms with Gasteiger partial charge in [-0.1, -0.05) is 25.0 Å². The number of rotatable bonds is 5. The van der Waals surface area contributed by atoms with Crippen LogP contribution < -0.4 is 4.74 Å². The van der Waals surface area contributed by atoms with E-state index in [4.69, 9.17) is 9.84 Å². The number of hydrogen-bond acceptors (Lipinski definition) is 2. The van der Waals surface area contributed by atoms with Gasteiger partial charge in [0.15, 0.2) is 0 Å². The number of benzene rings is 1. The lowest BCUT2D eigenvalue weighted by Gasteiger charge is -2.15. The van der Waals surface area contributed by atoms with E-state index in [-0.39, 0.29) is 11.7 Å². The second-order valence-electron chi connectivity index (χ2n) is 4.02. The maximum Gasteiger partial charge on any atom is 0.339 e. The Kier molecular flexibility index (Phi) is 4.35. The first-order valence-corrected chi connectivity index (χ1v) is 5.55. The molecule has 3 heteroatoms. The fourth-order valence-corrected chi connectivity index (χ4v) is 1.60. The molecule has 16 heavy (non-hydrogen) atoms. The molecule has 1 unspecified atom stereocenters. The van der Waals surface area contributed by atoms with Gasteiger partial charge in [0, 0.05) is 0 Å². The molecule has 0 amide bonds. The predicted molar refractivity (Wildman–Crippen MR) is 63.1 cm³/mol. The normalized spacial score (nSPS) is 12.2. The van der Waals surface area contributed by atoms with E-state index in [0.29, 0.717) is 5.75 Å². The molecule has 1 aromatic carbocycles. The van der Waals surface area contributed by atoms with Crippen LogP contribution >= 0.6 is 0 Å². The average molecular weight is 222 g/mol. The Morgan fingerprint density at radius 2 is 2.19 bits per heavy atom. The van der Waals surface area contributed by atoms with Crippen LogP contribution in [0.2, 0.25) is 0 Å². The standard InChI is InChI=1S/C13H18O3/c1-4-5-10(3)16-12-7-6-9(2)8-11(12)13(14)15/h6-8,10H,4-5H2,1-3H3,(H,14,15). The predicted octanol–water partition coefficient (Wildman–Crippen LogP) is 3.26. The molecular formula is C13H18O3. The first-order valence-electron chi connectivity index (χ1n) is 5.55. The SMILES string of the molecule is CCCC(C)Oc1ccc(C)cc1C(=O)O. The quantitative estimate of drug-likeness (QED) is 0.831. The zero-order chi connectivity index (χ0) is 12.1. The lowest BCUT2D eigenvalue weighted by Crippen LogP contribution is -2.13. The molecule has 0 aliphatic heterocycles. The molecule has 0 spiro atoms. The van der Waals surface area contributed by atoms with Gasteiger partial charge in [-0.3, -0.25) is 0 Å². The molecule has 0 saturated heterocycles. The minimum absolute atomic E-state index is 0.0470. The summed E-state index contributed by atoms with van der Waals surface area (Å²) in [6.07, 6.45) is 1.99. The van der Waals surface area contributed by atoms with Crippen LogP contribution in [-0.2, 0) is 0 Å². The third-order valence-electron chi connectivity index (χ3n) is 2.39. The Morgan fingerprint density at radius 1 is 1.50 bits per heavy atom. The largest absolute Gasteiger partial charge is 0.490 e. The zero-order valence-corrected chi connectivity index (χ0v) is 9.99. The fraction of sp³-hybridized carbons (Fsp3) is 0.462. The molecule has 0 saturated carbocycles. The molecule has 0 heterocycles. The highest BCUT2D eigenvalue weighted by molar-refractivity contribution is 5.91. The van der Waals surface area contributed by atoms with Crippen LogP contribution in [0.3, 0.4) is 0 Å². The molecule has 0 aliphatic carbocycles. The molecule has 0 radical (unpaired) electrons. The van der Waals surface area contributed by atoms with Gasteiger partial charge in [-0.2, -0.15) is 0 Å². The molecule has 1 rings (SSSR count). The van der Waals surface area contributed by atoms with E-state index in [1.54, 1.807) is 12.1 Å². The van der Waals surface area contributed by atoms with Crippen LogP contribution in [-0.4, -0.2) is 17.2 Å². The van der Waals surface area contributed by atoms with Crippen LogP contribution in [0.25, 0.3) is 0 Å². The minimum Gasteiger partial charge on any atom is -0.490 e. The number of carboxylic acid groups (broad SMARTS) is 1. The van der Waals surface area contributed by atoms with E-state index in [0.717, 1.165) is 18.4 Å². The van der Waals surface area contributed by atoms with Crippen LogP contribution in [0, 0.1) is 6.92 Å². The van der Waals surface area contributed by atoms with Crippen molar-refractivity contribution in [2.45, 2.75) is 39.7 Å². The molecule has 1 N–H and O–H groups in total. The van der Waals surface area contributed by atoms with Gasteiger partial charge >= 0.3 is 5.97 Å². The molecule has 1 atom stereocenters. The Bertz CT molecular complexity index is 371. The third kappa shape index (κ3) is 3.26. The van der Waals surface area contributed by atoms with Crippen molar-refractivity contribution in [3.63, 3.8) is 0 Å².